The first-order valence-electron chi connectivity index (χ1n) is 17.7. The number of nitrogens with zero attached hydrogens (tertiary/aromatic N) is 1. The van der Waals surface area contributed by atoms with E-state index in [1.54, 1.807) is 0 Å². The summed E-state index contributed by atoms with van der Waals surface area (Å²) >= 11 is 0. The molecule has 51 heavy (non-hydrogen) atoms. The molecule has 0 saturated heterocycles. The molecule has 0 aliphatic heterocycles. The Balaban J connectivity index is 1.16. The molecule has 0 radical (unpaired) electrons. The summed E-state index contributed by atoms with van der Waals surface area (Å²) in [7, 11) is 0. The van der Waals surface area contributed by atoms with Crippen LogP contribution in [0.4, 0.5) is 17.1 Å². The molecule has 0 atom stereocenters. The minimum Gasteiger partial charge on any atom is -0.455 e. The van der Waals surface area contributed by atoms with Crippen LogP contribution < -0.4 is 4.90 Å². The lowest BCUT2D eigenvalue weighted by Gasteiger charge is -2.28. The van der Waals surface area contributed by atoms with Crippen LogP contribution in [-0.4, -0.2) is 0 Å². The molecule has 0 N–H and O–H groups in total. The molecule has 1 aliphatic carbocycles. The van der Waals surface area contributed by atoms with Gasteiger partial charge >= 0.3 is 0 Å². The first-order chi connectivity index (χ1) is 25.0. The fourth-order valence-electron chi connectivity index (χ4n) is 8.34. The lowest BCUT2D eigenvalue weighted by atomic mass is 9.82. The molecule has 0 bridgehead atoms. The molecule has 1 aliphatic rings. The predicted molar refractivity (Wildman–Crippen MR) is 214 cm³/mol. The van der Waals surface area contributed by atoms with Gasteiger partial charge in [-0.1, -0.05) is 141 Å². The van der Waals surface area contributed by atoms with Gasteiger partial charge in [-0.2, -0.15) is 0 Å². The summed E-state index contributed by atoms with van der Waals surface area (Å²) in [6, 6.07) is 63.6. The molecule has 2 nitrogen and oxygen atoms in total. The molecule has 0 saturated carbocycles. The maximum Gasteiger partial charge on any atom is 0.143 e. The van der Waals surface area contributed by atoms with Crippen molar-refractivity contribution < 1.29 is 4.42 Å². The van der Waals surface area contributed by atoms with Gasteiger partial charge in [-0.15, -0.1) is 0 Å². The summed E-state index contributed by atoms with van der Waals surface area (Å²) in [4.78, 5) is 2.39. The second-order valence-corrected chi connectivity index (χ2v) is 14.1. The molecular formula is C49H35NO. The Morgan fingerprint density at radius 1 is 0.431 bits per heavy atom. The van der Waals surface area contributed by atoms with Gasteiger partial charge in [0.15, 0.2) is 0 Å². The molecule has 0 fully saturated rings. The topological polar surface area (TPSA) is 16.4 Å². The highest BCUT2D eigenvalue weighted by atomic mass is 16.3. The van der Waals surface area contributed by atoms with Gasteiger partial charge in [-0.3, -0.25) is 0 Å². The predicted octanol–water partition coefficient (Wildman–Crippen LogP) is 13.8. The van der Waals surface area contributed by atoms with Crippen molar-refractivity contribution >= 4 is 49.8 Å². The standard InChI is InChI=1S/C49H35NO/c1-49(2)44-21-10-8-19-40(44)42-31-38(27-28-45(42)49)50(37-17-12-16-34(29-37)32-13-4-3-5-14-32)36-25-23-33(24-26-36)47-39-18-7-6-15-35(39)30-43-41-20-9-11-22-46(41)51-48(43)47/h3-31H,1-2H3. The first-order valence-corrected chi connectivity index (χ1v) is 17.7. The van der Waals surface area contributed by atoms with Gasteiger partial charge in [0.2, 0.25) is 0 Å². The molecule has 9 aromatic rings. The zero-order valence-corrected chi connectivity index (χ0v) is 28.6. The van der Waals surface area contributed by atoms with Crippen molar-refractivity contribution in [2.24, 2.45) is 0 Å². The van der Waals surface area contributed by atoms with Crippen molar-refractivity contribution in [1.82, 2.24) is 0 Å². The smallest absolute Gasteiger partial charge is 0.143 e. The van der Waals surface area contributed by atoms with Crippen LogP contribution in [0.2, 0.25) is 0 Å². The van der Waals surface area contributed by atoms with Crippen LogP contribution in [0, 0.1) is 0 Å². The van der Waals surface area contributed by atoms with Crippen LogP contribution in [0.3, 0.4) is 0 Å². The fraction of sp³-hybridized carbons (Fsp3) is 0.0612. The number of rotatable bonds is 5. The highest BCUT2D eigenvalue weighted by molar-refractivity contribution is 6.18. The van der Waals surface area contributed by atoms with Crippen molar-refractivity contribution in [2.45, 2.75) is 19.3 Å². The normalized spacial score (nSPS) is 13.1. The molecule has 0 unspecified atom stereocenters. The molecule has 0 amide bonds. The Kier molecular flexibility index (Phi) is 6.56. The van der Waals surface area contributed by atoms with Crippen LogP contribution in [0.5, 0.6) is 0 Å². The summed E-state index contributed by atoms with van der Waals surface area (Å²) in [6.45, 7) is 4.67. The van der Waals surface area contributed by atoms with Crippen molar-refractivity contribution in [3.63, 3.8) is 0 Å². The van der Waals surface area contributed by atoms with Gasteiger partial charge in [-0.25, -0.2) is 0 Å². The SMILES string of the molecule is CC1(C)c2ccccc2-c2cc(N(c3ccc(-c4c5ccccc5cc5c4oc4ccccc45)cc3)c3cccc(-c4ccccc4)c3)ccc21. The molecule has 1 heterocycles. The van der Waals surface area contributed by atoms with Gasteiger partial charge in [0, 0.05) is 38.8 Å². The third kappa shape index (κ3) is 4.64. The van der Waals surface area contributed by atoms with Crippen LogP contribution in [0.25, 0.3) is 66.1 Å². The minimum atomic E-state index is -0.0510. The van der Waals surface area contributed by atoms with E-state index in [0.29, 0.717) is 0 Å². The summed E-state index contributed by atoms with van der Waals surface area (Å²) in [5.74, 6) is 0. The number of anilines is 3. The van der Waals surface area contributed by atoms with E-state index in [9.17, 15) is 0 Å². The Hall–Kier alpha value is -6.38. The van der Waals surface area contributed by atoms with E-state index in [1.165, 1.54) is 44.2 Å². The van der Waals surface area contributed by atoms with E-state index in [1.807, 2.05) is 6.07 Å². The van der Waals surface area contributed by atoms with Gasteiger partial charge in [-0.05, 0) is 98.2 Å². The molecule has 242 valence electrons. The minimum absolute atomic E-state index is 0.0510. The van der Waals surface area contributed by atoms with Gasteiger partial charge in [0.25, 0.3) is 0 Å². The van der Waals surface area contributed by atoms with E-state index < -0.39 is 0 Å². The highest BCUT2D eigenvalue weighted by Crippen LogP contribution is 2.51. The van der Waals surface area contributed by atoms with Crippen molar-refractivity contribution in [2.75, 3.05) is 4.90 Å². The fourth-order valence-corrected chi connectivity index (χ4v) is 8.34. The zero-order valence-electron chi connectivity index (χ0n) is 28.6. The number of benzene rings is 8. The van der Waals surface area contributed by atoms with Crippen molar-refractivity contribution in [1.29, 1.82) is 0 Å². The Morgan fingerprint density at radius 2 is 1.10 bits per heavy atom. The molecule has 8 aromatic carbocycles. The quantitative estimate of drug-likeness (QED) is 0.184. The van der Waals surface area contributed by atoms with E-state index in [0.717, 1.165) is 50.1 Å². The largest absolute Gasteiger partial charge is 0.455 e. The van der Waals surface area contributed by atoms with E-state index in [4.69, 9.17) is 4.42 Å². The molecule has 1 aromatic heterocycles. The van der Waals surface area contributed by atoms with E-state index in [-0.39, 0.29) is 5.41 Å². The zero-order chi connectivity index (χ0) is 34.1. The Bertz CT molecular complexity index is 2770. The van der Waals surface area contributed by atoms with Gasteiger partial charge < -0.3 is 9.32 Å². The maximum atomic E-state index is 6.60. The Labute approximate surface area is 297 Å². The van der Waals surface area contributed by atoms with Crippen molar-refractivity contribution in [3.05, 3.63) is 187 Å². The molecule has 0 spiro atoms. The number of hydrogen-bond acceptors (Lipinski definition) is 2. The van der Waals surface area contributed by atoms with Crippen LogP contribution in [-0.2, 0) is 5.41 Å². The third-order valence-electron chi connectivity index (χ3n) is 10.8. The summed E-state index contributed by atoms with van der Waals surface area (Å²) in [5.41, 5.74) is 15.1. The number of furan rings is 1. The van der Waals surface area contributed by atoms with Crippen molar-refractivity contribution in [3.8, 4) is 33.4 Å². The molecule has 2 heteroatoms. The highest BCUT2D eigenvalue weighted by Gasteiger charge is 2.35. The van der Waals surface area contributed by atoms with E-state index >= 15 is 0 Å². The number of hydrogen-bond donors (Lipinski definition) is 0. The lowest BCUT2D eigenvalue weighted by molar-refractivity contribution is 0.660. The first kappa shape index (κ1) is 29.5. The molecule has 10 rings (SSSR count). The third-order valence-corrected chi connectivity index (χ3v) is 10.8. The lowest BCUT2D eigenvalue weighted by Crippen LogP contribution is -2.15. The number of para-hydroxylation sites is 1. The van der Waals surface area contributed by atoms with Crippen LogP contribution in [0.1, 0.15) is 25.0 Å². The second-order valence-electron chi connectivity index (χ2n) is 14.1. The average molecular weight is 654 g/mol. The van der Waals surface area contributed by atoms with E-state index in [2.05, 4.69) is 189 Å². The van der Waals surface area contributed by atoms with Gasteiger partial charge in [0.05, 0.1) is 0 Å². The van der Waals surface area contributed by atoms with Crippen LogP contribution in [0.15, 0.2) is 180 Å². The second kappa shape index (κ2) is 11.3. The number of fused-ring (bicyclic) bond motifs is 7. The van der Waals surface area contributed by atoms with Crippen LogP contribution >= 0.6 is 0 Å². The monoisotopic (exact) mass is 653 g/mol. The average Bonchev–Trinajstić information content (AvgIpc) is 3.66. The van der Waals surface area contributed by atoms with Gasteiger partial charge in [0.1, 0.15) is 11.2 Å². The maximum absolute atomic E-state index is 6.60. The summed E-state index contributed by atoms with van der Waals surface area (Å²) < 4.78 is 6.60. The summed E-state index contributed by atoms with van der Waals surface area (Å²) in [6.07, 6.45) is 0. The Morgan fingerprint density at radius 3 is 1.96 bits per heavy atom. The molecular weight excluding hydrogens is 619 g/mol. The summed E-state index contributed by atoms with van der Waals surface area (Å²) in [5, 5.41) is 4.67.